The van der Waals surface area contributed by atoms with Crippen molar-refractivity contribution in [3.05, 3.63) is 32.9 Å². The Morgan fingerprint density at radius 1 is 1.43 bits per heavy atom. The van der Waals surface area contributed by atoms with Gasteiger partial charge in [0.05, 0.1) is 0 Å². The van der Waals surface area contributed by atoms with Gasteiger partial charge in [-0.25, -0.2) is 4.79 Å². The van der Waals surface area contributed by atoms with Gasteiger partial charge in [0.15, 0.2) is 0 Å². The standard InChI is InChI=1S/C10H10INO2/c11-9-2-1-7-3-4-12(10(13)14)6-8(7)5-9/h1-2,5H,3-4,6H2,(H,13,14). The summed E-state index contributed by atoms with van der Waals surface area (Å²) in [5.41, 5.74) is 2.42. The fraction of sp³-hybridized carbons (Fsp3) is 0.300. The molecular formula is C10H10INO2. The molecule has 14 heavy (non-hydrogen) atoms. The topological polar surface area (TPSA) is 40.5 Å². The molecule has 0 saturated carbocycles. The van der Waals surface area contributed by atoms with E-state index in [-0.39, 0.29) is 0 Å². The first-order valence-corrected chi connectivity index (χ1v) is 5.50. The number of halogens is 1. The van der Waals surface area contributed by atoms with Crippen LogP contribution in [0.2, 0.25) is 0 Å². The van der Waals surface area contributed by atoms with Crippen LogP contribution in [0.5, 0.6) is 0 Å². The molecule has 2 rings (SSSR count). The lowest BCUT2D eigenvalue weighted by atomic mass is 10.0. The number of hydrogen-bond donors (Lipinski definition) is 1. The molecule has 1 aliphatic heterocycles. The molecule has 0 bridgehead atoms. The van der Waals surface area contributed by atoms with Crippen LogP contribution in [0.15, 0.2) is 18.2 Å². The van der Waals surface area contributed by atoms with Crippen molar-refractivity contribution in [1.29, 1.82) is 0 Å². The molecule has 74 valence electrons. The Morgan fingerprint density at radius 2 is 2.21 bits per heavy atom. The lowest BCUT2D eigenvalue weighted by molar-refractivity contribution is 0.140. The van der Waals surface area contributed by atoms with Crippen molar-refractivity contribution in [1.82, 2.24) is 4.90 Å². The predicted octanol–water partition coefficient (Wildman–Crippen LogP) is 2.33. The summed E-state index contributed by atoms with van der Waals surface area (Å²) < 4.78 is 1.16. The van der Waals surface area contributed by atoms with Crippen LogP contribution >= 0.6 is 22.6 Å². The van der Waals surface area contributed by atoms with Crippen molar-refractivity contribution >= 4 is 28.7 Å². The first kappa shape index (κ1) is 9.76. The second kappa shape index (κ2) is 3.76. The molecule has 1 amide bonds. The minimum Gasteiger partial charge on any atom is -0.465 e. The van der Waals surface area contributed by atoms with Crippen LogP contribution in [0.25, 0.3) is 0 Å². The molecule has 0 radical (unpaired) electrons. The van der Waals surface area contributed by atoms with Gasteiger partial charge in [0.2, 0.25) is 0 Å². The third-order valence-corrected chi connectivity index (χ3v) is 3.12. The molecule has 0 atom stereocenters. The molecule has 0 spiro atoms. The van der Waals surface area contributed by atoms with Crippen molar-refractivity contribution in [2.75, 3.05) is 6.54 Å². The van der Waals surface area contributed by atoms with Gasteiger partial charge in [0.1, 0.15) is 0 Å². The maximum Gasteiger partial charge on any atom is 0.407 e. The minimum atomic E-state index is -0.825. The molecule has 1 heterocycles. The first-order chi connectivity index (χ1) is 6.66. The van der Waals surface area contributed by atoms with Crippen LogP contribution < -0.4 is 0 Å². The molecule has 4 heteroatoms. The highest BCUT2D eigenvalue weighted by atomic mass is 127. The number of hydrogen-bond acceptors (Lipinski definition) is 1. The number of nitrogens with zero attached hydrogens (tertiary/aromatic N) is 1. The zero-order chi connectivity index (χ0) is 10.1. The van der Waals surface area contributed by atoms with Gasteiger partial charge >= 0.3 is 6.09 Å². The molecule has 0 unspecified atom stereocenters. The molecule has 3 nitrogen and oxygen atoms in total. The molecule has 0 aromatic heterocycles. The summed E-state index contributed by atoms with van der Waals surface area (Å²) in [5.74, 6) is 0. The maximum atomic E-state index is 10.8. The number of fused-ring (bicyclic) bond motifs is 1. The molecule has 1 aliphatic rings. The zero-order valence-corrected chi connectivity index (χ0v) is 9.69. The van der Waals surface area contributed by atoms with Crippen LogP contribution in [0.1, 0.15) is 11.1 Å². The fourth-order valence-corrected chi connectivity index (χ4v) is 2.24. The molecule has 1 aromatic carbocycles. The highest BCUT2D eigenvalue weighted by Gasteiger charge is 2.19. The molecule has 1 N–H and O–H groups in total. The average Bonchev–Trinajstić information content (AvgIpc) is 2.16. The van der Waals surface area contributed by atoms with Crippen LogP contribution in [-0.2, 0) is 13.0 Å². The van der Waals surface area contributed by atoms with Gasteiger partial charge in [-0.3, -0.25) is 0 Å². The third-order valence-electron chi connectivity index (χ3n) is 2.45. The van der Waals surface area contributed by atoms with E-state index in [4.69, 9.17) is 5.11 Å². The highest BCUT2D eigenvalue weighted by molar-refractivity contribution is 14.1. The van der Waals surface area contributed by atoms with E-state index in [2.05, 4.69) is 40.8 Å². The number of benzene rings is 1. The molecule has 0 saturated heterocycles. The van der Waals surface area contributed by atoms with Crippen molar-refractivity contribution < 1.29 is 9.90 Å². The summed E-state index contributed by atoms with van der Waals surface area (Å²) in [6, 6.07) is 6.22. The highest BCUT2D eigenvalue weighted by Crippen LogP contribution is 2.21. The molecular weight excluding hydrogens is 293 g/mol. The SMILES string of the molecule is O=C(O)N1CCc2ccc(I)cc2C1. The van der Waals surface area contributed by atoms with Crippen molar-refractivity contribution in [3.8, 4) is 0 Å². The van der Waals surface area contributed by atoms with Gasteiger partial charge < -0.3 is 10.0 Å². The molecule has 1 aromatic rings. The van der Waals surface area contributed by atoms with E-state index in [1.807, 2.05) is 0 Å². The van der Waals surface area contributed by atoms with E-state index >= 15 is 0 Å². The summed E-state index contributed by atoms with van der Waals surface area (Å²) in [6.07, 6.45) is 0.00737. The van der Waals surface area contributed by atoms with Gasteiger partial charge in [-0.2, -0.15) is 0 Å². The summed E-state index contributed by atoms with van der Waals surface area (Å²) in [6.45, 7) is 1.14. The summed E-state index contributed by atoms with van der Waals surface area (Å²) in [5, 5.41) is 8.86. The number of amides is 1. The van der Waals surface area contributed by atoms with Gasteiger partial charge in [0, 0.05) is 16.7 Å². The van der Waals surface area contributed by atoms with Gasteiger partial charge in [-0.1, -0.05) is 6.07 Å². The van der Waals surface area contributed by atoms with E-state index in [1.165, 1.54) is 10.5 Å². The van der Waals surface area contributed by atoms with Crippen molar-refractivity contribution in [2.24, 2.45) is 0 Å². The fourth-order valence-electron chi connectivity index (χ4n) is 1.69. The van der Waals surface area contributed by atoms with E-state index < -0.39 is 6.09 Å². The van der Waals surface area contributed by atoms with Crippen LogP contribution in [0, 0.1) is 3.57 Å². The Hall–Kier alpha value is -0.780. The zero-order valence-electron chi connectivity index (χ0n) is 7.53. The molecule has 0 fully saturated rings. The largest absolute Gasteiger partial charge is 0.465 e. The van der Waals surface area contributed by atoms with Crippen LogP contribution in [0.3, 0.4) is 0 Å². The normalized spacial score (nSPS) is 15.1. The Kier molecular flexibility index (Phi) is 2.62. The minimum absolute atomic E-state index is 0.529. The molecule has 0 aliphatic carbocycles. The monoisotopic (exact) mass is 303 g/mol. The van der Waals surface area contributed by atoms with Gasteiger partial charge in [0.25, 0.3) is 0 Å². The first-order valence-electron chi connectivity index (χ1n) is 4.42. The van der Waals surface area contributed by atoms with E-state index in [0.29, 0.717) is 13.1 Å². The van der Waals surface area contributed by atoms with Crippen LogP contribution in [0.4, 0.5) is 4.79 Å². The van der Waals surface area contributed by atoms with Crippen molar-refractivity contribution in [2.45, 2.75) is 13.0 Å². The Labute approximate surface area is 95.9 Å². The van der Waals surface area contributed by atoms with E-state index in [0.717, 1.165) is 15.6 Å². The second-order valence-electron chi connectivity index (χ2n) is 3.37. The average molecular weight is 303 g/mol. The van der Waals surface area contributed by atoms with Crippen LogP contribution in [-0.4, -0.2) is 22.6 Å². The third kappa shape index (κ3) is 1.84. The number of carboxylic acid groups (broad SMARTS) is 1. The lowest BCUT2D eigenvalue weighted by Gasteiger charge is -2.26. The lowest BCUT2D eigenvalue weighted by Crippen LogP contribution is -2.34. The predicted molar refractivity (Wildman–Crippen MR) is 61.3 cm³/mol. The van der Waals surface area contributed by atoms with Crippen molar-refractivity contribution in [3.63, 3.8) is 0 Å². The maximum absolute atomic E-state index is 10.8. The Balaban J connectivity index is 2.29. The summed E-state index contributed by atoms with van der Waals surface area (Å²) >= 11 is 2.24. The van der Waals surface area contributed by atoms with E-state index in [1.54, 1.807) is 0 Å². The van der Waals surface area contributed by atoms with Gasteiger partial charge in [-0.05, 0) is 52.3 Å². The smallest absolute Gasteiger partial charge is 0.407 e. The summed E-state index contributed by atoms with van der Waals surface area (Å²) in [7, 11) is 0. The number of carbonyl (C=O) groups is 1. The Bertz CT molecular complexity index is 378. The Morgan fingerprint density at radius 3 is 2.93 bits per heavy atom. The van der Waals surface area contributed by atoms with E-state index in [9.17, 15) is 4.79 Å². The summed E-state index contributed by atoms with van der Waals surface area (Å²) in [4.78, 5) is 12.2. The van der Waals surface area contributed by atoms with Gasteiger partial charge in [-0.15, -0.1) is 0 Å². The quantitative estimate of drug-likeness (QED) is 0.747. The number of rotatable bonds is 0. The second-order valence-corrected chi connectivity index (χ2v) is 4.61.